The molecule has 6 atom stereocenters. The molecule has 1 amide bonds. The molecular formula is C76H70F3N15O3S. The number of para-hydroxylation sites is 2. The summed E-state index contributed by atoms with van der Waals surface area (Å²) in [6.07, 6.45) is 11.4. The Balaban J connectivity index is 0.000000115. The third kappa shape index (κ3) is 12.0. The Hall–Kier alpha value is -10.7. The maximum atomic E-state index is 13.9. The number of benzene rings is 6. The zero-order valence-electron chi connectivity index (χ0n) is 54.1. The number of aryl methyl sites for hydroxylation is 2. The summed E-state index contributed by atoms with van der Waals surface area (Å²) in [6.45, 7) is 7.43. The van der Waals surface area contributed by atoms with Crippen LogP contribution in [0.1, 0.15) is 123 Å². The van der Waals surface area contributed by atoms with Crippen molar-refractivity contribution in [3.05, 3.63) is 266 Å². The van der Waals surface area contributed by atoms with Gasteiger partial charge in [-0.1, -0.05) is 71.9 Å². The van der Waals surface area contributed by atoms with Crippen molar-refractivity contribution < 1.29 is 27.2 Å². The molecule has 8 aromatic heterocycles. The number of likely N-dealkylation sites (tertiary alicyclic amines) is 1. The molecule has 0 saturated carbocycles. The first-order chi connectivity index (χ1) is 47.8. The molecule has 4 aliphatic heterocycles. The van der Waals surface area contributed by atoms with Crippen LogP contribution in [-0.2, 0) is 29.5 Å². The molecule has 494 valence electrons. The Morgan fingerprint density at radius 1 is 0.571 bits per heavy atom. The summed E-state index contributed by atoms with van der Waals surface area (Å²) in [7, 11) is 1.45. The van der Waals surface area contributed by atoms with E-state index >= 15 is 0 Å². The molecule has 1 saturated heterocycles. The molecular weight excluding hydrogens is 1260 g/mol. The van der Waals surface area contributed by atoms with Crippen molar-refractivity contribution in [2.45, 2.75) is 88.6 Å². The smallest absolute Gasteiger partial charge is 0.409 e. The van der Waals surface area contributed by atoms with Crippen LogP contribution in [0.15, 0.2) is 181 Å². The molecule has 14 aromatic rings. The van der Waals surface area contributed by atoms with Gasteiger partial charge in [0.15, 0.2) is 0 Å². The minimum Gasteiger partial charge on any atom is -0.453 e. The molecule has 0 aliphatic carbocycles. The number of halogens is 3. The van der Waals surface area contributed by atoms with Gasteiger partial charge in [-0.15, -0.1) is 11.3 Å². The van der Waals surface area contributed by atoms with Crippen LogP contribution < -0.4 is 16.0 Å². The highest BCUT2D eigenvalue weighted by Crippen LogP contribution is 2.46. The van der Waals surface area contributed by atoms with Gasteiger partial charge < -0.3 is 44.1 Å². The van der Waals surface area contributed by atoms with E-state index in [0.29, 0.717) is 25.4 Å². The van der Waals surface area contributed by atoms with Crippen LogP contribution >= 0.6 is 11.3 Å². The Morgan fingerprint density at radius 2 is 1.12 bits per heavy atom. The summed E-state index contributed by atoms with van der Waals surface area (Å²) in [5.41, 5.74) is 16.2. The normalized spacial score (nSPS) is 19.9. The van der Waals surface area contributed by atoms with Gasteiger partial charge in [0, 0.05) is 86.4 Å². The summed E-state index contributed by atoms with van der Waals surface area (Å²) >= 11 is 1.64. The van der Waals surface area contributed by atoms with Crippen molar-refractivity contribution >= 4 is 50.1 Å². The maximum Gasteiger partial charge on any atom is 0.409 e. The highest BCUT2D eigenvalue weighted by Gasteiger charge is 2.43. The quantitative estimate of drug-likeness (QED) is 0.0659. The van der Waals surface area contributed by atoms with E-state index < -0.39 is 5.54 Å². The second-order valence-electron chi connectivity index (χ2n) is 26.0. The zero-order valence-corrected chi connectivity index (χ0v) is 54.9. The molecule has 9 N–H and O–H groups in total. The van der Waals surface area contributed by atoms with E-state index in [0.717, 1.165) is 132 Å². The molecule has 12 heterocycles. The van der Waals surface area contributed by atoms with Crippen molar-refractivity contribution in [2.24, 2.45) is 5.92 Å². The summed E-state index contributed by atoms with van der Waals surface area (Å²) in [5, 5.41) is 20.1. The van der Waals surface area contributed by atoms with Crippen LogP contribution in [0.25, 0.3) is 66.5 Å². The topological polar surface area (TPSA) is 238 Å². The number of nitrogens with one attached hydrogen (secondary N) is 9. The highest BCUT2D eigenvalue weighted by molar-refractivity contribution is 7.11. The van der Waals surface area contributed by atoms with Crippen molar-refractivity contribution in [2.75, 3.05) is 20.2 Å². The predicted molar refractivity (Wildman–Crippen MR) is 371 cm³/mol. The van der Waals surface area contributed by atoms with Crippen LogP contribution in [0.3, 0.4) is 0 Å². The lowest BCUT2D eigenvalue weighted by Crippen LogP contribution is -2.48. The third-order valence-electron chi connectivity index (χ3n) is 19.7. The first kappa shape index (κ1) is 62.2. The Bertz CT molecular complexity index is 5190. The SMILES string of the molecule is COC(=O)N1CCC(C2N[C@@H](c3ncc(-c4ccccc4)[nH]3)Cc3c2[nH]c2ccccc32)CC1.Cc1cc(C2N[C@@H](c3ncc(-c4ccc(F)cc4)[nH]3)Cc3c2[nH]c2ccccc32)no1.Cc1ncc(C2NC(C)(c3ncc(-c4ccc(F)cc4)[nH]3)Cc3c2[nH]c2cc(F)ccc32)s1. The van der Waals surface area contributed by atoms with Gasteiger partial charge in [0.2, 0.25) is 0 Å². The van der Waals surface area contributed by atoms with Gasteiger partial charge in [0.1, 0.15) is 46.4 Å². The fraction of sp³-hybridized carbons (Fsp3) is 0.237. The standard InChI is InChI=1S/C27H29N5O2.C25H21F2N5S.C24H20FN5O/c1-34-27(33)32-13-11-18(12-14-32)24-25-20(19-9-5-6-10-21(19)29-25)15-22(30-24)26-28-16-23(31-26)17-7-3-2-4-8-17;1-13-28-12-21(33-13)23-22-18(17-8-7-16(27)9-19(17)30-22)10-25(2,32-23)24-29-11-20(31-24)14-3-5-15(26)6-4-14;1-13-10-19(30-31-13)23-22-17(16-4-2-3-5-18(16)27-22)11-20(28-23)24-26-12-21(29-24)14-6-8-15(25)9-7-14/h2-10,16,18,22,24,29-30H,11-15H2,1H3,(H,28,31);3-9,11-12,23,30,32H,10H2,1-2H3,(H,29,31);2-10,12,20,23,27-28H,11H2,1H3,(H,26,29)/t22-,24?;;20-,23?/m1.1/s1. The number of imidazole rings is 3. The van der Waals surface area contributed by atoms with E-state index in [-0.39, 0.29) is 53.8 Å². The van der Waals surface area contributed by atoms with Crippen molar-refractivity contribution in [3.63, 3.8) is 0 Å². The molecule has 18 rings (SSSR count). The minimum atomic E-state index is -0.517. The van der Waals surface area contributed by atoms with E-state index in [1.165, 1.54) is 70.6 Å². The maximum absolute atomic E-state index is 13.9. The molecule has 18 nitrogen and oxygen atoms in total. The fourth-order valence-electron chi connectivity index (χ4n) is 14.8. The number of nitrogens with zero attached hydrogens (tertiary/aromatic N) is 6. The van der Waals surface area contributed by atoms with E-state index in [1.807, 2.05) is 67.5 Å². The Morgan fingerprint density at radius 3 is 1.74 bits per heavy atom. The Kier molecular flexibility index (Phi) is 16.3. The lowest BCUT2D eigenvalue weighted by atomic mass is 9.82. The van der Waals surface area contributed by atoms with Gasteiger partial charge in [-0.3, -0.25) is 16.0 Å². The summed E-state index contributed by atoms with van der Waals surface area (Å²) in [6, 6.07) is 46.7. The second-order valence-corrected chi connectivity index (χ2v) is 27.3. The number of fused-ring (bicyclic) bond motifs is 9. The molecule has 0 bridgehead atoms. The number of aromatic amines is 6. The van der Waals surface area contributed by atoms with Gasteiger partial charge in [-0.25, -0.2) is 37.9 Å². The van der Waals surface area contributed by atoms with Crippen molar-refractivity contribution in [3.8, 4) is 33.8 Å². The molecule has 1 fully saturated rings. The fourth-order valence-corrected chi connectivity index (χ4v) is 15.7. The molecule has 0 spiro atoms. The van der Waals surface area contributed by atoms with Crippen LogP contribution in [0.5, 0.6) is 0 Å². The van der Waals surface area contributed by atoms with Crippen molar-refractivity contribution in [1.29, 1.82) is 0 Å². The van der Waals surface area contributed by atoms with Crippen LogP contribution in [-0.4, -0.2) is 86.2 Å². The van der Waals surface area contributed by atoms with Crippen molar-refractivity contribution in [1.82, 2.24) is 75.8 Å². The number of methoxy groups -OCH3 is 1. The third-order valence-corrected chi connectivity index (χ3v) is 20.7. The lowest BCUT2D eigenvalue weighted by molar-refractivity contribution is 0.0974. The number of amides is 1. The average molecular weight is 1330 g/mol. The number of hydrogen-bond acceptors (Lipinski definition) is 12. The van der Waals surface area contributed by atoms with Gasteiger partial charge in [-0.05, 0) is 165 Å². The number of ether oxygens (including phenoxy) is 1. The molecule has 98 heavy (non-hydrogen) atoms. The summed E-state index contributed by atoms with van der Waals surface area (Å²) < 4.78 is 50.9. The summed E-state index contributed by atoms with van der Waals surface area (Å²) in [4.78, 5) is 54.6. The molecule has 4 unspecified atom stereocenters. The number of carbonyl (C=O) groups excluding carboxylic acids is 1. The number of aromatic nitrogens is 11. The van der Waals surface area contributed by atoms with Crippen LogP contribution in [0, 0.1) is 37.2 Å². The zero-order chi connectivity index (χ0) is 66.8. The van der Waals surface area contributed by atoms with Gasteiger partial charge >= 0.3 is 6.09 Å². The second kappa shape index (κ2) is 25.7. The van der Waals surface area contributed by atoms with Gasteiger partial charge in [0.25, 0.3) is 0 Å². The van der Waals surface area contributed by atoms with E-state index in [4.69, 9.17) is 19.2 Å². The van der Waals surface area contributed by atoms with Gasteiger partial charge in [-0.2, -0.15) is 0 Å². The number of H-pyrrole nitrogens is 6. The lowest BCUT2D eigenvalue weighted by Gasteiger charge is -2.39. The summed E-state index contributed by atoms with van der Waals surface area (Å²) in [5.74, 6) is 2.98. The number of piperidine rings is 1. The predicted octanol–water partition coefficient (Wildman–Crippen LogP) is 15.7. The van der Waals surface area contributed by atoms with E-state index in [2.05, 4.69) is 122 Å². The largest absolute Gasteiger partial charge is 0.453 e. The molecule has 22 heteroatoms. The first-order valence-corrected chi connectivity index (χ1v) is 33.8. The average Bonchev–Trinajstić information content (AvgIpc) is 1.62. The minimum absolute atomic E-state index is 0.0390. The monoisotopic (exact) mass is 1330 g/mol. The van der Waals surface area contributed by atoms with E-state index in [9.17, 15) is 18.0 Å². The van der Waals surface area contributed by atoms with Crippen LogP contribution in [0.4, 0.5) is 18.0 Å². The number of carbonyl (C=O) groups is 1. The number of rotatable bonds is 9. The molecule has 6 aromatic carbocycles. The van der Waals surface area contributed by atoms with E-state index in [1.54, 1.807) is 54.1 Å². The molecule has 4 aliphatic rings. The first-order valence-electron chi connectivity index (χ1n) is 33.0. The number of hydrogen-bond donors (Lipinski definition) is 9. The van der Waals surface area contributed by atoms with Crippen LogP contribution in [0.2, 0.25) is 0 Å². The number of thiazole rings is 1. The highest BCUT2D eigenvalue weighted by atomic mass is 32.1. The Labute approximate surface area is 565 Å². The van der Waals surface area contributed by atoms with Gasteiger partial charge in [0.05, 0.1) is 83.5 Å². The molecule has 0 radical (unpaired) electrons.